The number of nitrogens with one attached hydrogen (secondary N) is 1. The van der Waals surface area contributed by atoms with Gasteiger partial charge in [-0.05, 0) is 18.2 Å². The molecule has 0 atom stereocenters. The standard InChI is InChI=1S/C14H9BrN4O6/c15-10-5-9(13(20)12(6-10)19(24)25)7-16-17-14(21)8-1-3-11(4-2-8)18(22)23/h1-7,20H,(H,17,21). The lowest BCUT2D eigenvalue weighted by Gasteiger charge is -2.02. The topological polar surface area (TPSA) is 148 Å². The highest BCUT2D eigenvalue weighted by atomic mass is 79.9. The Bertz CT molecular complexity index is 882. The minimum Gasteiger partial charge on any atom is -0.502 e. The van der Waals surface area contributed by atoms with Crippen LogP contribution in [0.25, 0.3) is 0 Å². The fourth-order valence-corrected chi connectivity index (χ4v) is 2.27. The van der Waals surface area contributed by atoms with Gasteiger partial charge in [0.05, 0.1) is 16.1 Å². The molecule has 0 aliphatic rings. The number of non-ortho nitro benzene ring substituents is 1. The lowest BCUT2D eigenvalue weighted by atomic mass is 10.2. The van der Waals surface area contributed by atoms with Crippen LogP contribution in [0.2, 0.25) is 0 Å². The summed E-state index contributed by atoms with van der Waals surface area (Å²) in [7, 11) is 0. The van der Waals surface area contributed by atoms with E-state index >= 15 is 0 Å². The third-order valence-corrected chi connectivity index (χ3v) is 3.45. The van der Waals surface area contributed by atoms with Crippen LogP contribution < -0.4 is 5.43 Å². The third kappa shape index (κ3) is 4.35. The molecule has 0 spiro atoms. The number of carbonyl (C=O) groups is 1. The molecule has 2 N–H and O–H groups in total. The molecule has 0 saturated carbocycles. The molecule has 10 nitrogen and oxygen atoms in total. The molecular weight excluding hydrogens is 400 g/mol. The molecule has 0 radical (unpaired) electrons. The van der Waals surface area contributed by atoms with Crippen molar-refractivity contribution in [2.45, 2.75) is 0 Å². The SMILES string of the molecule is O=C(NN=Cc1cc(Br)cc([N+](=O)[O-])c1O)c1ccc([N+](=O)[O-])cc1. The summed E-state index contributed by atoms with van der Waals surface area (Å²) in [5.74, 6) is -1.24. The summed E-state index contributed by atoms with van der Waals surface area (Å²) in [6, 6.07) is 7.35. The van der Waals surface area contributed by atoms with Crippen LogP contribution in [-0.4, -0.2) is 27.1 Å². The molecule has 11 heteroatoms. The Labute approximate surface area is 148 Å². The first-order chi connectivity index (χ1) is 11.8. The fourth-order valence-electron chi connectivity index (χ4n) is 1.80. The molecular formula is C14H9BrN4O6. The molecule has 2 rings (SSSR count). The van der Waals surface area contributed by atoms with Gasteiger partial charge in [0.2, 0.25) is 5.75 Å². The number of aromatic hydroxyl groups is 1. The van der Waals surface area contributed by atoms with Crippen LogP contribution in [0, 0.1) is 20.2 Å². The minimum atomic E-state index is -0.757. The summed E-state index contributed by atoms with van der Waals surface area (Å²) in [6.45, 7) is 0. The number of phenolic OH excluding ortho intramolecular Hbond substituents is 1. The molecule has 0 aliphatic carbocycles. The van der Waals surface area contributed by atoms with Crippen LogP contribution in [0.3, 0.4) is 0 Å². The number of amides is 1. The van der Waals surface area contributed by atoms with E-state index in [2.05, 4.69) is 26.5 Å². The molecule has 2 aromatic carbocycles. The highest BCUT2D eigenvalue weighted by molar-refractivity contribution is 9.10. The first-order valence-electron chi connectivity index (χ1n) is 6.54. The number of rotatable bonds is 5. The Morgan fingerprint density at radius 1 is 1.16 bits per heavy atom. The summed E-state index contributed by atoms with van der Waals surface area (Å²) in [6.07, 6.45) is 1.04. The van der Waals surface area contributed by atoms with E-state index in [0.29, 0.717) is 4.47 Å². The zero-order chi connectivity index (χ0) is 18.6. The molecule has 0 saturated heterocycles. The monoisotopic (exact) mass is 408 g/mol. The molecule has 2 aromatic rings. The molecule has 0 fully saturated rings. The number of hydrogen-bond donors (Lipinski definition) is 2. The second-order valence-corrected chi connectivity index (χ2v) is 5.54. The lowest BCUT2D eigenvalue weighted by molar-refractivity contribution is -0.386. The van der Waals surface area contributed by atoms with E-state index in [9.17, 15) is 30.1 Å². The van der Waals surface area contributed by atoms with Gasteiger partial charge in [-0.2, -0.15) is 5.10 Å². The Balaban J connectivity index is 2.14. The quantitative estimate of drug-likeness (QED) is 0.441. The predicted octanol–water partition coefficient (Wildman–Crippen LogP) is 2.74. The van der Waals surface area contributed by atoms with Crippen LogP contribution in [-0.2, 0) is 0 Å². The molecule has 128 valence electrons. The van der Waals surface area contributed by atoms with Gasteiger partial charge in [0.15, 0.2) is 0 Å². The second kappa shape index (κ2) is 7.49. The van der Waals surface area contributed by atoms with Crippen molar-refractivity contribution in [3.05, 3.63) is 72.2 Å². The number of benzene rings is 2. The van der Waals surface area contributed by atoms with Gasteiger partial charge < -0.3 is 5.11 Å². The summed E-state index contributed by atoms with van der Waals surface area (Å²) in [5, 5.41) is 34.8. The number of halogens is 1. The first kappa shape index (κ1) is 18.0. The van der Waals surface area contributed by atoms with E-state index in [-0.39, 0.29) is 16.8 Å². The smallest absolute Gasteiger partial charge is 0.312 e. The number of hydrogen-bond acceptors (Lipinski definition) is 7. The predicted molar refractivity (Wildman–Crippen MR) is 90.6 cm³/mol. The summed E-state index contributed by atoms with van der Waals surface area (Å²) in [4.78, 5) is 31.9. The van der Waals surface area contributed by atoms with Gasteiger partial charge >= 0.3 is 5.69 Å². The van der Waals surface area contributed by atoms with Crippen molar-refractivity contribution >= 4 is 39.4 Å². The van der Waals surface area contributed by atoms with Crippen molar-refractivity contribution in [3.8, 4) is 5.75 Å². The number of nitro benzene ring substituents is 2. The fraction of sp³-hybridized carbons (Fsp3) is 0. The van der Waals surface area contributed by atoms with E-state index in [1.54, 1.807) is 0 Å². The number of hydrazone groups is 1. The molecule has 1 amide bonds. The summed E-state index contributed by atoms with van der Waals surface area (Å²) in [5.41, 5.74) is 1.63. The van der Waals surface area contributed by atoms with Crippen molar-refractivity contribution in [3.63, 3.8) is 0 Å². The Morgan fingerprint density at radius 3 is 2.36 bits per heavy atom. The van der Waals surface area contributed by atoms with E-state index < -0.39 is 27.2 Å². The van der Waals surface area contributed by atoms with Crippen LogP contribution in [0.15, 0.2) is 46.0 Å². The Hall–Kier alpha value is -3.34. The van der Waals surface area contributed by atoms with Gasteiger partial charge in [-0.25, -0.2) is 5.43 Å². The lowest BCUT2D eigenvalue weighted by Crippen LogP contribution is -2.17. The number of nitrogens with zero attached hydrogens (tertiary/aromatic N) is 3. The Morgan fingerprint density at radius 2 is 1.80 bits per heavy atom. The second-order valence-electron chi connectivity index (χ2n) is 4.62. The van der Waals surface area contributed by atoms with Crippen LogP contribution in [0.5, 0.6) is 5.75 Å². The van der Waals surface area contributed by atoms with Crippen LogP contribution in [0.4, 0.5) is 11.4 Å². The van der Waals surface area contributed by atoms with Crippen molar-refractivity contribution in [1.82, 2.24) is 5.43 Å². The minimum absolute atomic E-state index is 0.0186. The average molecular weight is 409 g/mol. The maximum atomic E-state index is 11.9. The number of carbonyl (C=O) groups excluding carboxylic acids is 1. The largest absolute Gasteiger partial charge is 0.502 e. The molecule has 0 aliphatic heterocycles. The van der Waals surface area contributed by atoms with Gasteiger partial charge in [0.25, 0.3) is 11.6 Å². The highest BCUT2D eigenvalue weighted by Gasteiger charge is 2.17. The van der Waals surface area contributed by atoms with Gasteiger partial charge in [0.1, 0.15) is 0 Å². The van der Waals surface area contributed by atoms with E-state index in [1.165, 1.54) is 30.3 Å². The zero-order valence-corrected chi connectivity index (χ0v) is 13.8. The zero-order valence-electron chi connectivity index (χ0n) is 12.2. The average Bonchev–Trinajstić information content (AvgIpc) is 2.57. The Kier molecular flexibility index (Phi) is 5.39. The molecule has 25 heavy (non-hydrogen) atoms. The van der Waals surface area contributed by atoms with Gasteiger partial charge in [0, 0.05) is 33.8 Å². The van der Waals surface area contributed by atoms with Gasteiger partial charge in [-0.1, -0.05) is 15.9 Å². The number of phenols is 1. The maximum absolute atomic E-state index is 11.9. The molecule has 0 aromatic heterocycles. The van der Waals surface area contributed by atoms with Gasteiger partial charge in [-0.15, -0.1) is 0 Å². The van der Waals surface area contributed by atoms with Crippen molar-refractivity contribution in [1.29, 1.82) is 0 Å². The van der Waals surface area contributed by atoms with E-state index in [0.717, 1.165) is 12.3 Å². The maximum Gasteiger partial charge on any atom is 0.312 e. The first-order valence-corrected chi connectivity index (χ1v) is 7.33. The highest BCUT2D eigenvalue weighted by Crippen LogP contribution is 2.32. The summed E-state index contributed by atoms with van der Waals surface area (Å²) < 4.78 is 0.347. The third-order valence-electron chi connectivity index (χ3n) is 2.99. The normalized spacial score (nSPS) is 10.6. The van der Waals surface area contributed by atoms with Gasteiger partial charge in [-0.3, -0.25) is 25.0 Å². The van der Waals surface area contributed by atoms with Crippen LogP contribution >= 0.6 is 15.9 Å². The molecule has 0 bridgehead atoms. The summed E-state index contributed by atoms with van der Waals surface area (Å²) >= 11 is 3.07. The van der Waals surface area contributed by atoms with Crippen molar-refractivity contribution < 1.29 is 19.7 Å². The van der Waals surface area contributed by atoms with Crippen LogP contribution in [0.1, 0.15) is 15.9 Å². The van der Waals surface area contributed by atoms with E-state index in [4.69, 9.17) is 0 Å². The van der Waals surface area contributed by atoms with Crippen molar-refractivity contribution in [2.24, 2.45) is 5.10 Å². The molecule has 0 heterocycles. The number of nitro groups is 2. The molecule has 0 unspecified atom stereocenters. The van der Waals surface area contributed by atoms with Crippen molar-refractivity contribution in [2.75, 3.05) is 0 Å². The van der Waals surface area contributed by atoms with E-state index in [1.807, 2.05) is 0 Å².